The van der Waals surface area contributed by atoms with E-state index in [2.05, 4.69) is 41.5 Å². The van der Waals surface area contributed by atoms with Gasteiger partial charge >= 0.3 is 0 Å². The maximum Gasteiger partial charge on any atom is 0.203 e. The first-order chi connectivity index (χ1) is 54.6. The van der Waals surface area contributed by atoms with Crippen molar-refractivity contribution in [1.82, 2.24) is 0 Å². The van der Waals surface area contributed by atoms with Crippen LogP contribution in [0.5, 0.6) is 17.2 Å². The van der Waals surface area contributed by atoms with E-state index in [1.54, 1.807) is 0 Å². The van der Waals surface area contributed by atoms with Gasteiger partial charge in [-0.25, -0.2) is 0 Å². The minimum atomic E-state index is -0.0410. The van der Waals surface area contributed by atoms with E-state index in [9.17, 15) is 5.11 Å². The number of benzene rings is 1. The Labute approximate surface area is 690 Å². The van der Waals surface area contributed by atoms with E-state index < -0.39 is 0 Å². The zero-order chi connectivity index (χ0) is 78.9. The molecule has 0 fully saturated rings. The molecule has 0 saturated carbocycles. The fourth-order valence-electron chi connectivity index (χ4n) is 16.8. The molecule has 1 rings (SSSR count). The van der Waals surface area contributed by atoms with Crippen molar-refractivity contribution in [3.05, 3.63) is 17.7 Å². The van der Waals surface area contributed by atoms with E-state index in [1.807, 2.05) is 12.1 Å². The summed E-state index contributed by atoms with van der Waals surface area (Å²) in [5, 5.41) is 10.5. The predicted molar refractivity (Wildman–Crippen MR) is 486 cm³/mol. The Bertz CT molecular complexity index is 1770. The average molecular weight is 1550 g/mol. The smallest absolute Gasteiger partial charge is 0.203 e. The molecule has 110 heavy (non-hydrogen) atoms. The maximum atomic E-state index is 10.5. The fraction of sp³-hybridized carbons (Fsp3) is 0.942. The van der Waals surface area contributed by atoms with Crippen molar-refractivity contribution in [1.29, 1.82) is 0 Å². The second kappa shape index (κ2) is 91.4. The Balaban J connectivity index is 2.59. The van der Waals surface area contributed by atoms with E-state index in [0.29, 0.717) is 19.8 Å². The molecule has 0 amide bonds. The van der Waals surface area contributed by atoms with Crippen molar-refractivity contribution in [3.8, 4) is 17.2 Å². The highest BCUT2D eigenvalue weighted by Crippen LogP contribution is 2.40. The number of hydrogen-bond donors (Lipinski definition) is 1. The van der Waals surface area contributed by atoms with Crippen LogP contribution in [0.1, 0.15) is 548 Å². The lowest BCUT2D eigenvalue weighted by Crippen LogP contribution is -2.11. The summed E-state index contributed by atoms with van der Waals surface area (Å²) in [6, 6.07) is 4.00. The molecular weight excluding hydrogens is 1350 g/mol. The van der Waals surface area contributed by atoms with Crippen molar-refractivity contribution in [2.45, 2.75) is 549 Å². The molecule has 1 aromatic carbocycles. The first-order valence-electron chi connectivity index (χ1n) is 51.0. The molecule has 1 aromatic rings. The summed E-state index contributed by atoms with van der Waals surface area (Å²) in [6.45, 7) is 21.7. The van der Waals surface area contributed by atoms with Crippen LogP contribution >= 0.6 is 0 Å². The third kappa shape index (κ3) is 76.4. The largest absolute Gasteiger partial charge is 0.490 e. The molecule has 0 bridgehead atoms. The van der Waals surface area contributed by atoms with Crippen LogP contribution in [0.3, 0.4) is 0 Å². The third-order valence-corrected chi connectivity index (χ3v) is 24.4. The van der Waals surface area contributed by atoms with Crippen LogP contribution in [-0.4, -0.2) is 64.6 Å². The van der Waals surface area contributed by atoms with Crippen molar-refractivity contribution in [2.24, 2.45) is 17.8 Å². The summed E-state index contributed by atoms with van der Waals surface area (Å²) in [4.78, 5) is 0. The fourth-order valence-corrected chi connectivity index (χ4v) is 16.8. The van der Waals surface area contributed by atoms with Gasteiger partial charge in [-0.1, -0.05) is 465 Å². The van der Waals surface area contributed by atoms with Crippen molar-refractivity contribution < 1.29 is 33.5 Å². The maximum absolute atomic E-state index is 10.5. The second-order valence-electron chi connectivity index (χ2n) is 35.5. The van der Waals surface area contributed by atoms with Crippen molar-refractivity contribution >= 4 is 0 Å². The third-order valence-electron chi connectivity index (χ3n) is 24.4. The summed E-state index contributed by atoms with van der Waals surface area (Å²) < 4.78 is 39.0. The summed E-state index contributed by atoms with van der Waals surface area (Å²) in [5.74, 6) is 4.51. The van der Waals surface area contributed by atoms with Gasteiger partial charge < -0.3 is 33.5 Å². The number of aliphatic hydroxyl groups is 1. The normalized spacial score (nSPS) is 12.6. The lowest BCUT2D eigenvalue weighted by molar-refractivity contribution is 0.0878. The molecule has 0 spiro atoms. The molecule has 654 valence electrons. The highest BCUT2D eigenvalue weighted by molar-refractivity contribution is 5.54. The zero-order valence-electron chi connectivity index (χ0n) is 76.0. The highest BCUT2D eigenvalue weighted by atomic mass is 16.5. The molecule has 3 atom stereocenters. The van der Waals surface area contributed by atoms with Crippen LogP contribution in [-0.2, 0) is 20.8 Å². The van der Waals surface area contributed by atoms with Gasteiger partial charge in [0.25, 0.3) is 0 Å². The van der Waals surface area contributed by atoms with Crippen molar-refractivity contribution in [3.63, 3.8) is 0 Å². The lowest BCUT2D eigenvalue weighted by atomic mass is 9.94. The zero-order valence-corrected chi connectivity index (χ0v) is 76.0. The number of aliphatic hydroxyl groups excluding tert-OH is 1. The van der Waals surface area contributed by atoms with Gasteiger partial charge in [0.1, 0.15) is 0 Å². The quantitative estimate of drug-likeness (QED) is 0.0651. The van der Waals surface area contributed by atoms with Gasteiger partial charge in [-0.2, -0.15) is 0 Å². The van der Waals surface area contributed by atoms with E-state index in [-0.39, 0.29) is 6.61 Å². The van der Waals surface area contributed by atoms with Gasteiger partial charge in [-0.15, -0.1) is 0 Å². The Kier molecular flexibility index (Phi) is 88.4. The summed E-state index contributed by atoms with van der Waals surface area (Å²) in [5.41, 5.74) is 0.830. The first kappa shape index (κ1) is 106. The Hall–Kier alpha value is -1.54. The van der Waals surface area contributed by atoms with E-state index in [0.717, 1.165) is 99.5 Å². The molecule has 0 aromatic heterocycles. The molecule has 1 N–H and O–H groups in total. The molecule has 0 saturated heterocycles. The SMILES string of the molecule is CCCCCCCCCCC(CCCCCCCC)COCCCCCCCCCCCCOc1cc(CO)cc(OCCCCCCCCCCCCOCC(CCCCCCCC)CCCCCCCCCC)c1OCCCCCCCCCCCCOCC(CCCCCCCC)CCCCCCCCCC. The minimum Gasteiger partial charge on any atom is -0.490 e. The number of unbranched alkanes of at least 4 members (excludes halogenated alkanes) is 63. The van der Waals surface area contributed by atoms with Gasteiger partial charge in [0.2, 0.25) is 5.75 Å². The van der Waals surface area contributed by atoms with Crippen LogP contribution in [0.2, 0.25) is 0 Å². The van der Waals surface area contributed by atoms with Crippen molar-refractivity contribution in [2.75, 3.05) is 59.5 Å². The molecule has 0 heterocycles. The van der Waals surface area contributed by atoms with Crippen LogP contribution in [0.4, 0.5) is 0 Å². The number of ether oxygens (including phenoxy) is 6. The van der Waals surface area contributed by atoms with Crippen LogP contribution in [0.25, 0.3) is 0 Å². The molecule has 0 aliphatic carbocycles. The van der Waals surface area contributed by atoms with Crippen LogP contribution < -0.4 is 14.2 Å². The molecule has 3 unspecified atom stereocenters. The summed E-state index contributed by atoms with van der Waals surface area (Å²) >= 11 is 0. The Morgan fingerprint density at radius 2 is 0.364 bits per heavy atom. The average Bonchev–Trinajstić information content (AvgIpc) is 0.826. The monoisotopic (exact) mass is 1550 g/mol. The highest BCUT2D eigenvalue weighted by Gasteiger charge is 2.18. The first-order valence-corrected chi connectivity index (χ1v) is 51.0. The molecule has 0 radical (unpaired) electrons. The van der Waals surface area contributed by atoms with E-state index in [4.69, 9.17) is 28.4 Å². The number of rotatable bonds is 97. The van der Waals surface area contributed by atoms with Crippen LogP contribution in [0, 0.1) is 17.8 Å². The number of hydrogen-bond acceptors (Lipinski definition) is 7. The topological polar surface area (TPSA) is 75.6 Å². The van der Waals surface area contributed by atoms with E-state index in [1.165, 1.54) is 482 Å². The lowest BCUT2D eigenvalue weighted by Gasteiger charge is -2.18. The summed E-state index contributed by atoms with van der Waals surface area (Å²) in [7, 11) is 0. The Morgan fingerprint density at radius 3 is 0.555 bits per heavy atom. The van der Waals surface area contributed by atoms with Gasteiger partial charge in [-0.05, 0) is 112 Å². The molecular formula is C103H200O7. The Morgan fingerprint density at radius 1 is 0.200 bits per heavy atom. The molecule has 0 aliphatic heterocycles. The van der Waals surface area contributed by atoms with Gasteiger partial charge in [-0.3, -0.25) is 0 Å². The minimum absolute atomic E-state index is 0.0410. The van der Waals surface area contributed by atoms with E-state index >= 15 is 0 Å². The predicted octanol–water partition coefficient (Wildman–Crippen LogP) is 34.8. The molecule has 7 nitrogen and oxygen atoms in total. The molecule has 7 heteroatoms. The van der Waals surface area contributed by atoms with Gasteiger partial charge in [0.15, 0.2) is 11.5 Å². The van der Waals surface area contributed by atoms with Gasteiger partial charge in [0.05, 0.1) is 26.4 Å². The van der Waals surface area contributed by atoms with Gasteiger partial charge in [0, 0.05) is 39.6 Å². The second-order valence-corrected chi connectivity index (χ2v) is 35.5. The summed E-state index contributed by atoms with van der Waals surface area (Å²) in [6.07, 6.45) is 105. The molecule has 0 aliphatic rings. The van der Waals surface area contributed by atoms with Crippen LogP contribution in [0.15, 0.2) is 12.1 Å². The standard InChI is InChI=1S/C103H200O7/c1-7-13-19-25-31-46-58-70-82-97(79-67-55-28-22-16-10-4)94-105-85-73-61-49-40-34-37-43-52-64-76-88-108-101-91-100(93-104)92-102(109-89-77-65-53-44-38-35-41-50-62-74-86-106-95-98(80-68-56-29-23-17-11-5)83-71-59-47-32-26-20-14-8-2)103(101)110-90-78-66-54-45-39-36-42-51-63-75-87-107-96-99(81-69-57-30-24-18-12-6)84-72-60-48-33-27-21-15-9-3/h91-92,97-99,104H,7-90,93-96H2,1-6H3.